The lowest BCUT2D eigenvalue weighted by Crippen LogP contribution is -2.01. The second kappa shape index (κ2) is 6.34. The minimum absolute atomic E-state index is 0.200. The molecule has 0 aliphatic heterocycles. The molecule has 0 aliphatic rings. The molecule has 2 nitrogen and oxygen atoms in total. The lowest BCUT2D eigenvalue weighted by atomic mass is 10.2. The van der Waals surface area contributed by atoms with Gasteiger partial charge in [0.15, 0.2) is 4.34 Å². The molecule has 0 atom stereocenters. The quantitative estimate of drug-likeness (QED) is 0.600. The van der Waals surface area contributed by atoms with Crippen LogP contribution in [0.4, 0.5) is 10.1 Å². The summed E-state index contributed by atoms with van der Waals surface area (Å²) >= 11 is 6.68. The molecule has 3 aromatic rings. The van der Waals surface area contributed by atoms with Gasteiger partial charge in [0.25, 0.3) is 0 Å². The maximum absolute atomic E-state index is 13.7. The summed E-state index contributed by atoms with van der Waals surface area (Å²) in [7, 11) is 0. The number of rotatable bonds is 4. The lowest BCUT2D eigenvalue weighted by Gasteiger charge is -2.08. The van der Waals surface area contributed by atoms with Crippen LogP contribution >= 0.6 is 39.0 Å². The molecule has 21 heavy (non-hydrogen) atoms. The van der Waals surface area contributed by atoms with E-state index in [0.717, 1.165) is 24.7 Å². The first-order valence-electron chi connectivity index (χ1n) is 6.28. The molecule has 0 bridgehead atoms. The van der Waals surface area contributed by atoms with E-state index in [2.05, 4.69) is 32.3 Å². The number of fused-ring (bicyclic) bond motifs is 1. The van der Waals surface area contributed by atoms with Gasteiger partial charge in [-0.25, -0.2) is 9.37 Å². The van der Waals surface area contributed by atoms with Gasteiger partial charge >= 0.3 is 0 Å². The minimum atomic E-state index is -0.200. The zero-order chi connectivity index (χ0) is 14.8. The smallest absolute Gasteiger partial charge is 0.150 e. The Labute approximate surface area is 138 Å². The maximum Gasteiger partial charge on any atom is 0.150 e. The van der Waals surface area contributed by atoms with Gasteiger partial charge in [0, 0.05) is 22.3 Å². The molecule has 0 aliphatic carbocycles. The fraction of sp³-hybridized carbons (Fsp3) is 0.133. The van der Waals surface area contributed by atoms with Gasteiger partial charge in [-0.3, -0.25) is 0 Å². The highest BCUT2D eigenvalue weighted by Crippen LogP contribution is 2.30. The normalized spacial score (nSPS) is 11.0. The summed E-state index contributed by atoms with van der Waals surface area (Å²) in [6.45, 7) is 0.449. The van der Waals surface area contributed by atoms with Crippen LogP contribution in [-0.4, -0.2) is 11.2 Å². The average molecular weight is 383 g/mol. The van der Waals surface area contributed by atoms with Crippen LogP contribution in [-0.2, 0) is 6.54 Å². The summed E-state index contributed by atoms with van der Waals surface area (Å²) in [5.74, 6) is -0.200. The van der Waals surface area contributed by atoms with Gasteiger partial charge in [0.2, 0.25) is 0 Å². The fourth-order valence-corrected chi connectivity index (χ4v) is 3.91. The number of aromatic nitrogens is 1. The monoisotopic (exact) mass is 382 g/mol. The Bertz CT molecular complexity index is 788. The van der Waals surface area contributed by atoms with Crippen LogP contribution in [0.5, 0.6) is 0 Å². The van der Waals surface area contributed by atoms with Gasteiger partial charge in [0.05, 0.1) is 10.2 Å². The molecule has 0 unspecified atom stereocenters. The van der Waals surface area contributed by atoms with Gasteiger partial charge in [-0.1, -0.05) is 27.7 Å². The SMILES string of the molecule is CSc1nc2ccc(NCc3cc(Br)ccc3F)cc2s1. The van der Waals surface area contributed by atoms with Crippen LogP contribution in [0.15, 0.2) is 45.2 Å². The number of thioether (sulfide) groups is 1. The molecule has 1 heterocycles. The van der Waals surface area contributed by atoms with Crippen LogP contribution in [0.2, 0.25) is 0 Å². The Morgan fingerprint density at radius 3 is 2.95 bits per heavy atom. The number of thiazole rings is 1. The molecule has 0 fully saturated rings. The third-order valence-corrected chi connectivity index (χ3v) is 5.53. The Hall–Kier alpha value is -1.11. The molecule has 0 spiro atoms. The molecular weight excluding hydrogens is 371 g/mol. The highest BCUT2D eigenvalue weighted by atomic mass is 79.9. The highest BCUT2D eigenvalue weighted by Gasteiger charge is 2.06. The van der Waals surface area contributed by atoms with Crippen LogP contribution in [0, 0.1) is 5.82 Å². The molecule has 108 valence electrons. The number of nitrogens with zero attached hydrogens (tertiary/aromatic N) is 1. The summed E-state index contributed by atoms with van der Waals surface area (Å²) in [4.78, 5) is 4.50. The van der Waals surface area contributed by atoms with Crippen molar-refractivity contribution in [2.45, 2.75) is 10.9 Å². The zero-order valence-corrected chi connectivity index (χ0v) is 14.4. The van der Waals surface area contributed by atoms with Crippen LogP contribution in [0.25, 0.3) is 10.2 Å². The van der Waals surface area contributed by atoms with E-state index in [1.165, 1.54) is 6.07 Å². The van der Waals surface area contributed by atoms with Gasteiger partial charge in [-0.2, -0.15) is 0 Å². The molecule has 3 rings (SSSR count). The summed E-state index contributed by atoms with van der Waals surface area (Å²) in [6, 6.07) is 11.0. The first-order valence-corrected chi connectivity index (χ1v) is 9.11. The van der Waals surface area contributed by atoms with E-state index in [1.807, 2.05) is 18.4 Å². The fourth-order valence-electron chi connectivity index (χ4n) is 1.98. The van der Waals surface area contributed by atoms with Crippen LogP contribution in [0.3, 0.4) is 0 Å². The summed E-state index contributed by atoms with van der Waals surface area (Å²) in [5, 5.41) is 3.26. The molecule has 0 saturated heterocycles. The number of hydrogen-bond donors (Lipinski definition) is 1. The molecule has 0 saturated carbocycles. The van der Waals surface area contributed by atoms with Crippen LogP contribution in [0.1, 0.15) is 5.56 Å². The largest absolute Gasteiger partial charge is 0.381 e. The first-order chi connectivity index (χ1) is 10.2. The molecule has 1 N–H and O–H groups in total. The van der Waals surface area contributed by atoms with Crippen molar-refractivity contribution in [2.24, 2.45) is 0 Å². The topological polar surface area (TPSA) is 24.9 Å². The van der Waals surface area contributed by atoms with Gasteiger partial charge < -0.3 is 5.32 Å². The van der Waals surface area contributed by atoms with Crippen LogP contribution < -0.4 is 5.32 Å². The molecule has 0 amide bonds. The van der Waals surface area contributed by atoms with Crippen molar-refractivity contribution in [3.63, 3.8) is 0 Å². The molecule has 2 aromatic carbocycles. The number of nitrogens with one attached hydrogen (secondary N) is 1. The summed E-state index contributed by atoms with van der Waals surface area (Å²) < 4.78 is 16.8. The van der Waals surface area contributed by atoms with Gasteiger partial charge in [-0.05, 0) is 42.7 Å². The van der Waals surface area contributed by atoms with E-state index >= 15 is 0 Å². The Morgan fingerprint density at radius 2 is 2.14 bits per heavy atom. The van der Waals surface area contributed by atoms with E-state index < -0.39 is 0 Å². The number of benzene rings is 2. The first kappa shape index (κ1) is 14.8. The molecular formula is C15H12BrFN2S2. The van der Waals surface area contributed by atoms with Crippen molar-refractivity contribution in [3.05, 3.63) is 52.3 Å². The van der Waals surface area contributed by atoms with Crippen molar-refractivity contribution in [3.8, 4) is 0 Å². The van der Waals surface area contributed by atoms with E-state index in [4.69, 9.17) is 0 Å². The third kappa shape index (κ3) is 3.39. The summed E-state index contributed by atoms with van der Waals surface area (Å²) in [6.07, 6.45) is 2.02. The standard InChI is InChI=1S/C15H12BrFN2S2/c1-20-15-19-13-5-3-11(7-14(13)21-15)18-8-9-6-10(16)2-4-12(9)17/h2-7,18H,8H2,1H3. The highest BCUT2D eigenvalue weighted by molar-refractivity contribution is 9.10. The predicted molar refractivity (Wildman–Crippen MR) is 92.8 cm³/mol. The van der Waals surface area contributed by atoms with Crippen molar-refractivity contribution >= 4 is 54.9 Å². The second-order valence-corrected chi connectivity index (χ2v) is 7.46. The van der Waals surface area contributed by atoms with Gasteiger partial charge in [-0.15, -0.1) is 11.3 Å². The number of halogens is 2. The van der Waals surface area contributed by atoms with Crippen molar-refractivity contribution in [1.29, 1.82) is 0 Å². The summed E-state index contributed by atoms with van der Waals surface area (Å²) in [5.41, 5.74) is 2.61. The average Bonchev–Trinajstić information content (AvgIpc) is 2.90. The Balaban J connectivity index is 1.80. The molecule has 1 aromatic heterocycles. The minimum Gasteiger partial charge on any atom is -0.381 e. The molecule has 0 radical (unpaired) electrons. The van der Waals surface area contributed by atoms with Crippen molar-refractivity contribution in [2.75, 3.05) is 11.6 Å². The van der Waals surface area contributed by atoms with Gasteiger partial charge in [0.1, 0.15) is 5.82 Å². The van der Waals surface area contributed by atoms with E-state index in [0.29, 0.717) is 12.1 Å². The second-order valence-electron chi connectivity index (χ2n) is 4.46. The Morgan fingerprint density at radius 1 is 1.29 bits per heavy atom. The maximum atomic E-state index is 13.7. The van der Waals surface area contributed by atoms with Crippen molar-refractivity contribution < 1.29 is 4.39 Å². The van der Waals surface area contributed by atoms with E-state index in [-0.39, 0.29) is 5.82 Å². The third-order valence-electron chi connectivity index (χ3n) is 3.03. The molecule has 6 heteroatoms. The zero-order valence-electron chi connectivity index (χ0n) is 11.2. The predicted octanol–water partition coefficient (Wildman–Crippen LogP) is 5.53. The lowest BCUT2D eigenvalue weighted by molar-refractivity contribution is 0.612. The Kier molecular flexibility index (Phi) is 4.47. The number of anilines is 1. The number of hydrogen-bond acceptors (Lipinski definition) is 4. The van der Waals surface area contributed by atoms with E-state index in [9.17, 15) is 4.39 Å². The van der Waals surface area contributed by atoms with Crippen molar-refractivity contribution in [1.82, 2.24) is 4.98 Å². The van der Waals surface area contributed by atoms with E-state index in [1.54, 1.807) is 35.2 Å².